The number of anilines is 2. The van der Waals surface area contributed by atoms with Crippen LogP contribution in [0.4, 0.5) is 11.5 Å². The zero-order chi connectivity index (χ0) is 41.3. The van der Waals surface area contributed by atoms with Gasteiger partial charge in [0.05, 0.1) is 38.6 Å². The fourth-order valence-corrected chi connectivity index (χ4v) is 11.2. The molecule has 0 bridgehead atoms. The summed E-state index contributed by atoms with van der Waals surface area (Å²) in [6.07, 6.45) is 7.34. The maximum Gasteiger partial charge on any atom is 0.237 e. The zero-order valence-electron chi connectivity index (χ0n) is 32.5. The van der Waals surface area contributed by atoms with Crippen molar-refractivity contribution in [3.63, 3.8) is 0 Å². The Morgan fingerprint density at radius 1 is 0.933 bits per heavy atom. The van der Waals surface area contributed by atoms with Gasteiger partial charge >= 0.3 is 0 Å². The smallest absolute Gasteiger partial charge is 0.237 e. The normalized spacial score (nSPS) is 20.8. The molecule has 10 rings (SSSR count). The second-order valence-corrected chi connectivity index (χ2v) is 19.1. The first kappa shape index (κ1) is 39.1. The van der Waals surface area contributed by atoms with E-state index < -0.39 is 27.1 Å². The average molecular weight is 863 g/mol. The van der Waals surface area contributed by atoms with Crippen LogP contribution in [0.1, 0.15) is 60.4 Å². The minimum atomic E-state index is -3.61. The summed E-state index contributed by atoms with van der Waals surface area (Å²) < 4.78 is 33.7. The van der Waals surface area contributed by atoms with Crippen LogP contribution in [-0.4, -0.2) is 76.7 Å². The number of amides is 1. The summed E-state index contributed by atoms with van der Waals surface area (Å²) in [5.74, 6) is 0.237. The monoisotopic (exact) mass is 861 g/mol. The number of furan rings is 1. The highest BCUT2D eigenvalue weighted by molar-refractivity contribution is 7.90. The van der Waals surface area contributed by atoms with E-state index in [0.717, 1.165) is 53.4 Å². The number of sulfonamides is 1. The van der Waals surface area contributed by atoms with E-state index in [4.69, 9.17) is 32.6 Å². The van der Waals surface area contributed by atoms with Crippen LogP contribution in [0.15, 0.2) is 77.5 Å². The van der Waals surface area contributed by atoms with Crippen molar-refractivity contribution in [2.24, 2.45) is 5.92 Å². The third kappa shape index (κ3) is 7.19. The molecule has 60 heavy (non-hydrogen) atoms. The molecule has 12 nitrogen and oxygen atoms in total. The summed E-state index contributed by atoms with van der Waals surface area (Å²) in [7, 11) is -3.61. The van der Waals surface area contributed by atoms with Gasteiger partial charge in [0, 0.05) is 72.1 Å². The summed E-state index contributed by atoms with van der Waals surface area (Å²) in [6, 6.07) is 21.8. The average Bonchev–Trinajstić information content (AvgIpc) is 3.50. The molecule has 3 N–H and O–H groups in total. The van der Waals surface area contributed by atoms with Gasteiger partial charge in [-0.3, -0.25) is 24.3 Å². The number of aromatic nitrogens is 2. The van der Waals surface area contributed by atoms with Crippen LogP contribution in [0.5, 0.6) is 0 Å². The maximum absolute atomic E-state index is 13.0. The van der Waals surface area contributed by atoms with E-state index >= 15 is 0 Å². The summed E-state index contributed by atoms with van der Waals surface area (Å²) >= 11 is 14.4. The fraction of sp³-hybridized carbons (Fsp3) is 0.333. The van der Waals surface area contributed by atoms with Crippen LogP contribution in [-0.2, 0) is 27.8 Å². The van der Waals surface area contributed by atoms with Gasteiger partial charge in [-0.15, -0.1) is 0 Å². The summed E-state index contributed by atoms with van der Waals surface area (Å²) in [5.41, 5.74) is 7.42. The van der Waals surface area contributed by atoms with Crippen LogP contribution in [0.3, 0.4) is 0 Å². The Morgan fingerprint density at radius 3 is 2.52 bits per heavy atom. The van der Waals surface area contributed by atoms with E-state index in [1.54, 1.807) is 6.20 Å². The molecule has 2 saturated heterocycles. The highest BCUT2D eigenvalue weighted by Gasteiger charge is 2.41. The molecule has 15 heteroatoms. The number of fused-ring (bicyclic) bond motifs is 3. The number of β-amino-alcohol motifs (C(OH)–C–C–N with tert-alkyl or cyclic N) is 1. The molecule has 1 saturated carbocycles. The molecule has 4 aliphatic rings. The molecule has 0 radical (unpaired) electrons. The van der Waals surface area contributed by atoms with Crippen LogP contribution < -0.4 is 10.0 Å². The molecular weight excluding hydrogens is 822 g/mol. The number of hydrogen-bond donors (Lipinski definition) is 3. The van der Waals surface area contributed by atoms with E-state index in [-0.39, 0.29) is 12.1 Å². The molecule has 3 atom stereocenters. The molecular formula is C45H41Cl2N7O5S. The predicted octanol–water partition coefficient (Wildman–Crippen LogP) is 8.12. The van der Waals surface area contributed by atoms with Crippen molar-refractivity contribution < 1.29 is 22.7 Å². The van der Waals surface area contributed by atoms with Crippen LogP contribution in [0, 0.1) is 17.2 Å². The molecule has 6 aromatic rings. The van der Waals surface area contributed by atoms with E-state index in [2.05, 4.69) is 43.0 Å². The Bertz CT molecular complexity index is 2880. The number of aliphatic hydroxyl groups is 1. The summed E-state index contributed by atoms with van der Waals surface area (Å²) in [4.78, 5) is 26.8. The van der Waals surface area contributed by atoms with Crippen molar-refractivity contribution >= 4 is 72.5 Å². The molecule has 2 aliphatic carbocycles. The Labute approximate surface area is 357 Å². The number of halogens is 2. The molecule has 0 spiro atoms. The van der Waals surface area contributed by atoms with Gasteiger partial charge in [0.15, 0.2) is 11.4 Å². The first-order valence-corrected chi connectivity index (χ1v) is 22.6. The largest absolute Gasteiger partial charge is 0.455 e. The highest BCUT2D eigenvalue weighted by Crippen LogP contribution is 2.46. The number of nitrogens with zero attached hydrogens (tertiary/aromatic N) is 5. The number of hydrogen-bond acceptors (Lipinski definition) is 11. The lowest BCUT2D eigenvalue weighted by molar-refractivity contribution is -0.122. The lowest BCUT2D eigenvalue weighted by atomic mass is 9.98. The van der Waals surface area contributed by atoms with Gasteiger partial charge in [0.2, 0.25) is 15.9 Å². The van der Waals surface area contributed by atoms with Gasteiger partial charge in [0.25, 0.3) is 0 Å². The van der Waals surface area contributed by atoms with Crippen molar-refractivity contribution in [2.75, 3.05) is 31.5 Å². The van der Waals surface area contributed by atoms with Crippen molar-refractivity contribution in [1.82, 2.24) is 24.5 Å². The lowest BCUT2D eigenvalue weighted by Gasteiger charge is -2.25. The molecule has 306 valence electrons. The number of carbonyl (C=O) groups is 1. The van der Waals surface area contributed by atoms with Crippen LogP contribution in [0.25, 0.3) is 44.3 Å². The first-order chi connectivity index (χ1) is 29.0. The van der Waals surface area contributed by atoms with Gasteiger partial charge in [0.1, 0.15) is 17.3 Å². The van der Waals surface area contributed by atoms with Crippen molar-refractivity contribution in [1.29, 1.82) is 5.26 Å². The number of rotatable bonds is 10. The maximum atomic E-state index is 13.0. The minimum Gasteiger partial charge on any atom is -0.455 e. The molecule has 1 amide bonds. The fourth-order valence-electron chi connectivity index (χ4n) is 9.24. The molecule has 2 aliphatic heterocycles. The Morgan fingerprint density at radius 2 is 1.73 bits per heavy atom. The van der Waals surface area contributed by atoms with Crippen molar-refractivity contribution in [3.8, 4) is 28.5 Å². The Kier molecular flexibility index (Phi) is 10.1. The predicted molar refractivity (Wildman–Crippen MR) is 231 cm³/mol. The highest BCUT2D eigenvalue weighted by atomic mass is 35.5. The first-order valence-electron chi connectivity index (χ1n) is 20.3. The van der Waals surface area contributed by atoms with E-state index in [1.165, 1.54) is 0 Å². The lowest BCUT2D eigenvalue weighted by Crippen LogP contribution is -2.38. The number of nitriles is 1. The van der Waals surface area contributed by atoms with Crippen LogP contribution in [0.2, 0.25) is 10.0 Å². The summed E-state index contributed by atoms with van der Waals surface area (Å²) in [5, 5.41) is 25.9. The standard InChI is InChI=1S/C45H41Cl2N7O5S/c46-40-32(33-4-2-6-37(41(33)47)51-44-42-26(11-14-49-44)17-25(21-50-42)22-53-15-13-29(55)24-53)3-1-5-34(40)39-19-28-18-35-31(36(20-48)43(28)59-39)9-10-38(35)54-16-12-27(23-54)45(56)52-60(57,58)30-7-8-30/h1-6,11,14,17-19,21,27,29-30,38,55H,7-10,12-13,15-16,22-24H2,(H,49,51)(H,52,56)/t27-,29-,38-/m1/s1. The van der Waals surface area contributed by atoms with Gasteiger partial charge in [-0.25, -0.2) is 13.4 Å². The third-order valence-electron chi connectivity index (χ3n) is 12.4. The SMILES string of the molecule is N#Cc1c2c(cc3cc(-c4cccc(-c5cccc(Nc6nccc7cc(CN8CC[C@@H](O)C8)cnc67)c5Cl)c4Cl)oc13)[C@H](N1CC[C@@H](C(=O)NS(=O)(=O)C3CC3)C1)CC2. The second-order valence-electron chi connectivity index (χ2n) is 16.4. The number of nitrogens with one attached hydrogen (secondary N) is 2. The third-order valence-corrected chi connectivity index (χ3v) is 15.1. The second kappa shape index (κ2) is 15.4. The number of pyridine rings is 2. The molecule has 5 heterocycles. The number of likely N-dealkylation sites (tertiary alicyclic amines) is 2. The number of benzene rings is 3. The van der Waals surface area contributed by atoms with Gasteiger partial charge < -0.3 is 14.8 Å². The Hall–Kier alpha value is -5.07. The molecule has 3 aromatic heterocycles. The minimum absolute atomic E-state index is 0.00409. The number of aliphatic hydroxyl groups excluding tert-OH is 1. The van der Waals surface area contributed by atoms with Gasteiger partial charge in [-0.1, -0.05) is 47.5 Å². The van der Waals surface area contributed by atoms with E-state index in [0.29, 0.717) is 106 Å². The van der Waals surface area contributed by atoms with Gasteiger partial charge in [-0.05, 0) is 98.2 Å². The Balaban J connectivity index is 0.908. The number of carbonyl (C=O) groups excluding carboxylic acids is 1. The van der Waals surface area contributed by atoms with Crippen molar-refractivity contribution in [3.05, 3.63) is 105 Å². The molecule has 3 fully saturated rings. The quantitative estimate of drug-likeness (QED) is 0.122. The zero-order valence-corrected chi connectivity index (χ0v) is 34.8. The molecule has 3 aromatic carbocycles. The topological polar surface area (TPSA) is 165 Å². The van der Waals surface area contributed by atoms with Crippen molar-refractivity contribution in [2.45, 2.75) is 62.5 Å². The molecule has 0 unspecified atom stereocenters. The van der Waals surface area contributed by atoms with E-state index in [9.17, 15) is 23.6 Å². The van der Waals surface area contributed by atoms with Crippen LogP contribution >= 0.6 is 23.2 Å². The van der Waals surface area contributed by atoms with Gasteiger partial charge in [-0.2, -0.15) is 5.26 Å². The van der Waals surface area contributed by atoms with E-state index in [1.807, 2.05) is 54.7 Å². The summed E-state index contributed by atoms with van der Waals surface area (Å²) in [6.45, 7) is 3.35.